The van der Waals surface area contributed by atoms with Crippen molar-refractivity contribution in [2.75, 3.05) is 0 Å². The first kappa shape index (κ1) is 7.08. The molecule has 0 N–H and O–H groups in total. The maximum atomic E-state index is 11.7. The van der Waals surface area contributed by atoms with Crippen LogP contribution in [0.5, 0.6) is 0 Å². The predicted octanol–water partition coefficient (Wildman–Crippen LogP) is 2.32. The van der Waals surface area contributed by atoms with E-state index >= 15 is 0 Å². The molecular formula is C10H14O. The summed E-state index contributed by atoms with van der Waals surface area (Å²) in [7, 11) is 0. The van der Waals surface area contributed by atoms with Gasteiger partial charge in [0.15, 0.2) is 0 Å². The van der Waals surface area contributed by atoms with Crippen molar-refractivity contribution < 1.29 is 4.79 Å². The van der Waals surface area contributed by atoms with E-state index in [1.807, 2.05) is 0 Å². The Morgan fingerprint density at radius 2 is 2.45 bits per heavy atom. The van der Waals surface area contributed by atoms with Crippen LogP contribution in [0.1, 0.15) is 32.6 Å². The molecule has 0 aromatic rings. The molecule has 0 spiro atoms. The van der Waals surface area contributed by atoms with Gasteiger partial charge < -0.3 is 0 Å². The van der Waals surface area contributed by atoms with E-state index < -0.39 is 0 Å². The predicted molar refractivity (Wildman–Crippen MR) is 44.2 cm³/mol. The fourth-order valence-corrected chi connectivity index (χ4v) is 2.29. The molecule has 1 saturated carbocycles. The molecule has 2 rings (SSSR count). The van der Waals surface area contributed by atoms with Crippen LogP contribution in [0.25, 0.3) is 0 Å². The van der Waals surface area contributed by atoms with Crippen molar-refractivity contribution in [2.45, 2.75) is 32.6 Å². The van der Waals surface area contributed by atoms with Gasteiger partial charge in [-0.2, -0.15) is 0 Å². The lowest BCUT2D eigenvalue weighted by atomic mass is 9.65. The van der Waals surface area contributed by atoms with E-state index in [0.717, 1.165) is 19.3 Å². The molecule has 1 nitrogen and oxygen atoms in total. The average Bonchev–Trinajstić information content (AvgIpc) is 1.93. The summed E-state index contributed by atoms with van der Waals surface area (Å²) in [6.45, 7) is 2.12. The van der Waals surface area contributed by atoms with Gasteiger partial charge in [-0.15, -0.1) is 0 Å². The van der Waals surface area contributed by atoms with E-state index in [-0.39, 0.29) is 11.3 Å². The second kappa shape index (κ2) is 2.20. The Labute approximate surface area is 67.5 Å². The summed E-state index contributed by atoms with van der Waals surface area (Å²) in [5.74, 6) is 0.758. The van der Waals surface area contributed by atoms with Crippen molar-refractivity contribution >= 4 is 5.78 Å². The van der Waals surface area contributed by atoms with Crippen molar-refractivity contribution in [1.82, 2.24) is 0 Å². The number of carbonyl (C=O) groups excluding carboxylic acids is 1. The van der Waals surface area contributed by atoms with Crippen LogP contribution in [0.3, 0.4) is 0 Å². The summed E-state index contributed by atoms with van der Waals surface area (Å²) in [4.78, 5) is 11.7. The largest absolute Gasteiger partial charge is 0.298 e. The molecule has 0 unspecified atom stereocenters. The number of ketones is 1. The first-order chi connectivity index (χ1) is 5.22. The van der Waals surface area contributed by atoms with Gasteiger partial charge in [-0.25, -0.2) is 0 Å². The van der Waals surface area contributed by atoms with Gasteiger partial charge >= 0.3 is 0 Å². The maximum Gasteiger partial charge on any atom is 0.145 e. The zero-order valence-corrected chi connectivity index (χ0v) is 6.97. The maximum absolute atomic E-state index is 11.7. The van der Waals surface area contributed by atoms with Gasteiger partial charge in [0.2, 0.25) is 0 Å². The third kappa shape index (κ3) is 0.943. The number of fused-ring (bicyclic) bond motifs is 2. The van der Waals surface area contributed by atoms with Crippen LogP contribution in [0, 0.1) is 11.3 Å². The number of carbonyl (C=O) groups is 1. The van der Waals surface area contributed by atoms with Crippen LogP contribution in [0.2, 0.25) is 0 Å². The molecule has 0 aromatic heterocycles. The first-order valence-electron chi connectivity index (χ1n) is 4.43. The summed E-state index contributed by atoms with van der Waals surface area (Å²) in [5.41, 5.74) is 0.0116. The van der Waals surface area contributed by atoms with Crippen LogP contribution >= 0.6 is 0 Å². The minimum atomic E-state index is 0.0116. The molecule has 2 bridgehead atoms. The van der Waals surface area contributed by atoms with Crippen LogP contribution in [-0.4, -0.2) is 5.78 Å². The number of hydrogen-bond acceptors (Lipinski definition) is 1. The zero-order chi connectivity index (χ0) is 7.90. The van der Waals surface area contributed by atoms with Crippen LogP contribution < -0.4 is 0 Å². The fraction of sp³-hybridized carbons (Fsp3) is 0.700. The summed E-state index contributed by atoms with van der Waals surface area (Å²) < 4.78 is 0. The third-order valence-electron chi connectivity index (χ3n) is 3.11. The summed E-state index contributed by atoms with van der Waals surface area (Å²) >= 11 is 0. The van der Waals surface area contributed by atoms with E-state index in [2.05, 4.69) is 19.1 Å². The Bertz CT molecular complexity index is 217. The molecule has 1 heteroatoms. The van der Waals surface area contributed by atoms with Gasteiger partial charge in [0.1, 0.15) is 5.78 Å². The van der Waals surface area contributed by atoms with Gasteiger partial charge in [0, 0.05) is 11.3 Å². The topological polar surface area (TPSA) is 17.1 Å². The quantitative estimate of drug-likeness (QED) is 0.484. The monoisotopic (exact) mass is 150 g/mol. The average molecular weight is 150 g/mol. The van der Waals surface area contributed by atoms with Crippen molar-refractivity contribution in [3.63, 3.8) is 0 Å². The van der Waals surface area contributed by atoms with E-state index in [9.17, 15) is 4.79 Å². The molecule has 0 radical (unpaired) electrons. The molecule has 11 heavy (non-hydrogen) atoms. The SMILES string of the molecule is C[C@]12CC=C[C@H](CCC1)C2=O. The van der Waals surface area contributed by atoms with Gasteiger partial charge in [-0.05, 0) is 19.3 Å². The highest BCUT2D eigenvalue weighted by Gasteiger charge is 2.40. The van der Waals surface area contributed by atoms with Gasteiger partial charge in [0.05, 0.1) is 0 Å². The Morgan fingerprint density at radius 3 is 3.09 bits per heavy atom. The lowest BCUT2D eigenvalue weighted by Gasteiger charge is -2.37. The number of Topliss-reactive ketones (excluding diaryl/α,β-unsaturated/α-hetero) is 1. The molecule has 2 aliphatic carbocycles. The van der Waals surface area contributed by atoms with Crippen molar-refractivity contribution in [3.8, 4) is 0 Å². The molecule has 0 aromatic carbocycles. The summed E-state index contributed by atoms with van der Waals surface area (Å²) in [6.07, 6.45) is 8.69. The Kier molecular flexibility index (Phi) is 1.41. The molecular weight excluding hydrogens is 136 g/mol. The highest BCUT2D eigenvalue weighted by molar-refractivity contribution is 5.89. The normalized spacial score (nSPS) is 42.6. The molecule has 0 aliphatic heterocycles. The van der Waals surface area contributed by atoms with Crippen LogP contribution in [0.15, 0.2) is 12.2 Å². The fourth-order valence-electron chi connectivity index (χ4n) is 2.29. The highest BCUT2D eigenvalue weighted by atomic mass is 16.1. The van der Waals surface area contributed by atoms with Crippen molar-refractivity contribution in [1.29, 1.82) is 0 Å². The van der Waals surface area contributed by atoms with Gasteiger partial charge in [0.25, 0.3) is 0 Å². The number of hydrogen-bond donors (Lipinski definition) is 0. The standard InChI is InChI=1S/C10H14O/c1-10-6-2-4-8(9(10)11)5-3-7-10/h2,4,8H,3,5-7H2,1H3/t8-,10+/m1/s1. The minimum absolute atomic E-state index is 0.0116. The van der Waals surface area contributed by atoms with Crippen LogP contribution in [0.4, 0.5) is 0 Å². The van der Waals surface area contributed by atoms with Crippen molar-refractivity contribution in [2.24, 2.45) is 11.3 Å². The van der Waals surface area contributed by atoms with E-state index in [4.69, 9.17) is 0 Å². The lowest BCUT2D eigenvalue weighted by molar-refractivity contribution is -0.134. The summed E-state index contributed by atoms with van der Waals surface area (Å²) in [6, 6.07) is 0. The zero-order valence-electron chi connectivity index (χ0n) is 6.97. The summed E-state index contributed by atoms with van der Waals surface area (Å²) in [5, 5.41) is 0. The first-order valence-corrected chi connectivity index (χ1v) is 4.43. The van der Waals surface area contributed by atoms with Gasteiger partial charge in [-0.3, -0.25) is 4.79 Å². The van der Waals surface area contributed by atoms with Crippen LogP contribution in [-0.2, 0) is 4.79 Å². The molecule has 0 heterocycles. The minimum Gasteiger partial charge on any atom is -0.298 e. The lowest BCUT2D eigenvalue weighted by Crippen LogP contribution is -2.38. The second-order valence-electron chi connectivity index (χ2n) is 4.06. The molecule has 2 aliphatic rings. The van der Waals surface area contributed by atoms with E-state index in [0.29, 0.717) is 5.78 Å². The molecule has 0 amide bonds. The highest BCUT2D eigenvalue weighted by Crippen LogP contribution is 2.42. The number of allylic oxidation sites excluding steroid dienone is 2. The van der Waals surface area contributed by atoms with Gasteiger partial charge in [-0.1, -0.05) is 25.5 Å². The molecule has 0 saturated heterocycles. The second-order valence-corrected chi connectivity index (χ2v) is 4.06. The third-order valence-corrected chi connectivity index (χ3v) is 3.11. The van der Waals surface area contributed by atoms with E-state index in [1.165, 1.54) is 6.42 Å². The van der Waals surface area contributed by atoms with Crippen molar-refractivity contribution in [3.05, 3.63) is 12.2 Å². The number of rotatable bonds is 0. The Hall–Kier alpha value is -0.590. The molecule has 60 valence electrons. The Balaban J connectivity index is 2.34. The Morgan fingerprint density at radius 1 is 1.64 bits per heavy atom. The smallest absolute Gasteiger partial charge is 0.145 e. The van der Waals surface area contributed by atoms with E-state index in [1.54, 1.807) is 0 Å². The molecule has 2 atom stereocenters. The molecule has 1 fully saturated rings.